The first-order valence-electron chi connectivity index (χ1n) is 9.15. The second-order valence-electron chi connectivity index (χ2n) is 7.26. The van der Waals surface area contributed by atoms with Crippen molar-refractivity contribution in [2.75, 3.05) is 25.4 Å². The van der Waals surface area contributed by atoms with Gasteiger partial charge in [0.15, 0.2) is 0 Å². The summed E-state index contributed by atoms with van der Waals surface area (Å²) in [5, 5.41) is 3.47. The second-order valence-corrected chi connectivity index (χ2v) is 9.35. The van der Waals surface area contributed by atoms with Crippen LogP contribution in [0.4, 0.5) is 0 Å². The molecule has 26 heavy (non-hydrogen) atoms. The Labute approximate surface area is 153 Å². The van der Waals surface area contributed by atoms with E-state index < -0.39 is 10.0 Å². The topological polar surface area (TPSA) is 86.8 Å². The Kier molecular flexibility index (Phi) is 4.58. The maximum absolute atomic E-state index is 12.7. The molecule has 8 heteroatoms. The van der Waals surface area contributed by atoms with Gasteiger partial charge in [0.05, 0.1) is 16.9 Å². The van der Waals surface area contributed by atoms with Crippen LogP contribution in [0.25, 0.3) is 0 Å². The molecule has 0 aliphatic carbocycles. The van der Waals surface area contributed by atoms with Gasteiger partial charge in [0.25, 0.3) is 11.8 Å². The standard InChI is InChI=1S/C18H23N3O4S/c22-17-15-4-1-2-5-16(15)18(23)21(17)9-3-11-26(24,25)20-10-8-13-6-7-14(12-20)19-13/h1-2,4-5,13-14,19H,3,6-12H2. The average molecular weight is 377 g/mol. The molecular weight excluding hydrogens is 354 g/mol. The number of rotatable bonds is 5. The van der Waals surface area contributed by atoms with Crippen molar-refractivity contribution in [1.82, 2.24) is 14.5 Å². The van der Waals surface area contributed by atoms with Crippen molar-refractivity contribution in [1.29, 1.82) is 0 Å². The molecular formula is C18H23N3O4S. The third-order valence-electron chi connectivity index (χ3n) is 5.54. The molecule has 2 unspecified atom stereocenters. The van der Waals surface area contributed by atoms with Gasteiger partial charge in [0.2, 0.25) is 10.0 Å². The number of hydrogen-bond acceptors (Lipinski definition) is 5. The second kappa shape index (κ2) is 6.75. The molecule has 3 heterocycles. The predicted octanol–water partition coefficient (Wildman–Crippen LogP) is 0.829. The summed E-state index contributed by atoms with van der Waals surface area (Å²) in [7, 11) is -3.38. The molecule has 1 aromatic carbocycles. The van der Waals surface area contributed by atoms with Crippen LogP contribution >= 0.6 is 0 Å². The van der Waals surface area contributed by atoms with Crippen LogP contribution in [-0.4, -0.2) is 66.9 Å². The summed E-state index contributed by atoms with van der Waals surface area (Å²) in [6.45, 7) is 1.19. The van der Waals surface area contributed by atoms with Crippen molar-refractivity contribution in [2.24, 2.45) is 0 Å². The number of carbonyl (C=O) groups is 2. The Balaban J connectivity index is 1.36. The summed E-state index contributed by atoms with van der Waals surface area (Å²) in [5.74, 6) is -0.712. The van der Waals surface area contributed by atoms with Gasteiger partial charge in [0.1, 0.15) is 0 Å². The molecule has 0 spiro atoms. The van der Waals surface area contributed by atoms with E-state index in [9.17, 15) is 18.0 Å². The van der Waals surface area contributed by atoms with Crippen molar-refractivity contribution in [2.45, 2.75) is 37.8 Å². The van der Waals surface area contributed by atoms with Crippen molar-refractivity contribution in [3.05, 3.63) is 35.4 Å². The third kappa shape index (κ3) is 3.17. The van der Waals surface area contributed by atoms with Crippen LogP contribution in [0, 0.1) is 0 Å². The number of fused-ring (bicyclic) bond motifs is 3. The number of nitrogens with zero attached hydrogens (tertiary/aromatic N) is 2. The molecule has 2 fully saturated rings. The van der Waals surface area contributed by atoms with E-state index in [0.717, 1.165) is 24.2 Å². The Morgan fingerprint density at radius 1 is 1.00 bits per heavy atom. The zero-order valence-electron chi connectivity index (χ0n) is 14.6. The summed E-state index contributed by atoms with van der Waals surface area (Å²) >= 11 is 0. The van der Waals surface area contributed by atoms with Crippen LogP contribution in [0.15, 0.2) is 24.3 Å². The normalized spacial score (nSPS) is 26.2. The van der Waals surface area contributed by atoms with Gasteiger partial charge in [-0.25, -0.2) is 12.7 Å². The Bertz CT molecular complexity index is 804. The highest BCUT2D eigenvalue weighted by Crippen LogP contribution is 2.24. The minimum Gasteiger partial charge on any atom is -0.310 e. The molecule has 2 atom stereocenters. The van der Waals surface area contributed by atoms with Crippen LogP contribution < -0.4 is 5.32 Å². The van der Waals surface area contributed by atoms with E-state index >= 15 is 0 Å². The summed E-state index contributed by atoms with van der Waals surface area (Å²) in [5.41, 5.74) is 0.796. The number of sulfonamides is 1. The largest absolute Gasteiger partial charge is 0.310 e. The van der Waals surface area contributed by atoms with Crippen molar-refractivity contribution in [3.8, 4) is 0 Å². The van der Waals surface area contributed by atoms with Gasteiger partial charge in [0, 0.05) is 31.7 Å². The maximum Gasteiger partial charge on any atom is 0.261 e. The Morgan fingerprint density at radius 3 is 2.35 bits per heavy atom. The van der Waals surface area contributed by atoms with E-state index in [1.807, 2.05) is 0 Å². The lowest BCUT2D eigenvalue weighted by Crippen LogP contribution is -2.41. The fourth-order valence-electron chi connectivity index (χ4n) is 4.14. The van der Waals surface area contributed by atoms with E-state index in [-0.39, 0.29) is 36.6 Å². The first-order valence-corrected chi connectivity index (χ1v) is 10.8. The minimum atomic E-state index is -3.38. The quantitative estimate of drug-likeness (QED) is 0.768. The van der Waals surface area contributed by atoms with Crippen LogP contribution in [0.2, 0.25) is 0 Å². The Morgan fingerprint density at radius 2 is 1.65 bits per heavy atom. The number of hydrogen-bond donors (Lipinski definition) is 1. The molecule has 4 rings (SSSR count). The highest BCUT2D eigenvalue weighted by molar-refractivity contribution is 7.89. The van der Waals surface area contributed by atoms with E-state index in [1.165, 1.54) is 0 Å². The van der Waals surface area contributed by atoms with Gasteiger partial charge in [-0.1, -0.05) is 12.1 Å². The first-order chi connectivity index (χ1) is 12.5. The van der Waals surface area contributed by atoms with E-state index in [4.69, 9.17) is 0 Å². The zero-order valence-corrected chi connectivity index (χ0v) is 15.4. The molecule has 3 aliphatic rings. The molecule has 2 bridgehead atoms. The van der Waals surface area contributed by atoms with E-state index in [0.29, 0.717) is 30.3 Å². The fraction of sp³-hybridized carbons (Fsp3) is 0.556. The van der Waals surface area contributed by atoms with E-state index in [1.54, 1.807) is 28.6 Å². The van der Waals surface area contributed by atoms with Crippen molar-refractivity contribution in [3.63, 3.8) is 0 Å². The number of carbonyl (C=O) groups excluding carboxylic acids is 2. The molecule has 1 aromatic rings. The van der Waals surface area contributed by atoms with Gasteiger partial charge < -0.3 is 5.32 Å². The summed E-state index contributed by atoms with van der Waals surface area (Å²) < 4.78 is 26.9. The molecule has 7 nitrogen and oxygen atoms in total. The SMILES string of the molecule is O=C1c2ccccc2C(=O)N1CCCS(=O)(=O)N1CCC2CCC(C1)N2. The van der Waals surface area contributed by atoms with Gasteiger partial charge in [-0.2, -0.15) is 0 Å². The lowest BCUT2D eigenvalue weighted by molar-refractivity contribution is 0.0654. The number of amides is 2. The molecule has 0 radical (unpaired) electrons. The average Bonchev–Trinajstić information content (AvgIpc) is 3.06. The van der Waals surface area contributed by atoms with Crippen LogP contribution in [-0.2, 0) is 10.0 Å². The number of imide groups is 1. The third-order valence-corrected chi connectivity index (χ3v) is 7.46. The molecule has 0 aromatic heterocycles. The first kappa shape index (κ1) is 17.6. The summed E-state index contributed by atoms with van der Waals surface area (Å²) in [4.78, 5) is 25.8. The number of nitrogens with one attached hydrogen (secondary N) is 1. The maximum atomic E-state index is 12.7. The van der Waals surface area contributed by atoms with Gasteiger partial charge in [-0.15, -0.1) is 0 Å². The van der Waals surface area contributed by atoms with Crippen molar-refractivity contribution >= 4 is 21.8 Å². The monoisotopic (exact) mass is 377 g/mol. The molecule has 140 valence electrons. The molecule has 1 N–H and O–H groups in total. The molecule has 3 aliphatic heterocycles. The minimum absolute atomic E-state index is 0.0439. The van der Waals surface area contributed by atoms with E-state index in [2.05, 4.69) is 5.32 Å². The van der Waals surface area contributed by atoms with Crippen LogP contribution in [0.5, 0.6) is 0 Å². The fourth-order valence-corrected chi connectivity index (χ4v) is 5.68. The highest BCUT2D eigenvalue weighted by atomic mass is 32.2. The lowest BCUT2D eigenvalue weighted by Gasteiger charge is -2.24. The molecule has 2 saturated heterocycles. The molecule has 2 amide bonds. The highest BCUT2D eigenvalue weighted by Gasteiger charge is 2.36. The van der Waals surface area contributed by atoms with Crippen molar-refractivity contribution < 1.29 is 18.0 Å². The predicted molar refractivity (Wildman–Crippen MR) is 96.3 cm³/mol. The van der Waals surface area contributed by atoms with Gasteiger partial charge >= 0.3 is 0 Å². The lowest BCUT2D eigenvalue weighted by atomic mass is 10.1. The molecule has 0 saturated carbocycles. The van der Waals surface area contributed by atoms with Gasteiger partial charge in [-0.3, -0.25) is 14.5 Å². The van der Waals surface area contributed by atoms with Gasteiger partial charge in [-0.05, 0) is 37.8 Å². The summed E-state index contributed by atoms with van der Waals surface area (Å²) in [6, 6.07) is 7.38. The summed E-state index contributed by atoms with van der Waals surface area (Å²) in [6.07, 6.45) is 3.24. The van der Waals surface area contributed by atoms with Crippen LogP contribution in [0.1, 0.15) is 46.4 Å². The Hall–Kier alpha value is -1.77. The van der Waals surface area contributed by atoms with Crippen LogP contribution in [0.3, 0.4) is 0 Å². The number of benzene rings is 1. The smallest absolute Gasteiger partial charge is 0.261 e. The zero-order chi connectivity index (χ0) is 18.3.